The predicted octanol–water partition coefficient (Wildman–Crippen LogP) is 10.6. The number of fused-ring (bicyclic) bond motifs is 12. The van der Waals surface area contributed by atoms with E-state index < -0.39 is 37.4 Å². The van der Waals surface area contributed by atoms with E-state index in [0.29, 0.717) is 96.8 Å². The lowest BCUT2D eigenvalue weighted by atomic mass is 9.67. The molecule has 0 spiro atoms. The minimum Gasteiger partial charge on any atom is -0.323 e. The Morgan fingerprint density at radius 3 is 1.47 bits per heavy atom. The lowest BCUT2D eigenvalue weighted by Gasteiger charge is -2.56. The molecule has 0 saturated carbocycles. The van der Waals surface area contributed by atoms with Crippen LogP contribution in [0.5, 0.6) is 0 Å². The average molecular weight is 1020 g/mol. The zero-order chi connectivity index (χ0) is 55.1. The molecule has 12 fully saturated rings. The van der Waals surface area contributed by atoms with Crippen LogP contribution >= 0.6 is 6.72 Å². The van der Waals surface area contributed by atoms with Crippen LogP contribution in [0.15, 0.2) is 78.8 Å². The minimum atomic E-state index is -2.31. The van der Waals surface area contributed by atoms with Crippen molar-refractivity contribution in [2.45, 2.75) is 99.4 Å². The van der Waals surface area contributed by atoms with Gasteiger partial charge in [-0.1, -0.05) is 111 Å². The molecule has 12 aliphatic heterocycles. The molecule has 0 aromatic heterocycles. The Labute approximate surface area is 429 Å². The van der Waals surface area contributed by atoms with E-state index in [2.05, 4.69) is 53.5 Å². The number of terminal acetylenes is 1. The predicted molar refractivity (Wildman–Crippen MR) is 266 cm³/mol. The molecule has 0 amide bonds. The van der Waals surface area contributed by atoms with Crippen LogP contribution in [0.25, 0.3) is 0 Å². The third-order valence-corrected chi connectivity index (χ3v) is 17.6. The van der Waals surface area contributed by atoms with E-state index in [1.54, 1.807) is 42.5 Å². The van der Waals surface area contributed by atoms with Crippen LogP contribution in [0.4, 0.5) is 0 Å². The van der Waals surface area contributed by atoms with Crippen molar-refractivity contribution in [2.24, 2.45) is 38.4 Å². The van der Waals surface area contributed by atoms with Crippen LogP contribution in [0, 0.1) is 62.1 Å². The standard InChI is InChI=1S/C16H19NO3.C16H18O3.C15H20O3.C8H15O3PS/c1-3-12(2)15-9-18-16(19-10-15,20-11-15)14-6-4-13(8-17)5-7-14;1-3-9-15-10-17-16(18-11-15,19-12-15)14-7-5-13(4-2)6-8-14;1-13(2,3)14-9-16-15(17-10-14,18-11-14)12-7-5-4-6-8-12;1-7(2,3)8-4-9-12(13,10-5-8)11-6-8/h4-7,12H,3,9-11H2,1-2H3;2,5-8H,3,9-12H2,1H3;4-8H,9-11H2,1-3H3;4-6H2,1-3H3/i2*1T,3T;4T,5T;13+3. The summed E-state index contributed by atoms with van der Waals surface area (Å²) in [5.74, 6) is -1.01. The number of rotatable bonds is 7. The van der Waals surface area contributed by atoms with E-state index in [0.717, 1.165) is 16.7 Å². The molecule has 12 aliphatic rings. The van der Waals surface area contributed by atoms with Gasteiger partial charge in [0.15, 0.2) is 0 Å². The Hall–Kier alpha value is -3.12. The number of benzene rings is 3. The SMILES string of the molecule is CC(C)(C)C12COP(=[35S])(OC1)OC2.[3H]CC([3H])C(C)C12COC(c3ccc(C#N)cc3)(OC1)OC2.[3H]CC([3H])CC12COC(c3ccc(C#C)cc3)(OC1)OC2.[3H]c1ccc(C23OCC(C(C)(C)C)(CO2)CO3)cc1[3H]. The van der Waals surface area contributed by atoms with Gasteiger partial charge < -0.3 is 56.2 Å². The van der Waals surface area contributed by atoms with Crippen LogP contribution in [0.3, 0.4) is 0 Å². The molecule has 0 N–H and O–H groups in total. The van der Waals surface area contributed by atoms with Gasteiger partial charge in [0.05, 0.1) is 93.7 Å². The summed E-state index contributed by atoms with van der Waals surface area (Å²) in [7, 11) is 0. The molecule has 8 bridgehead atoms. The first kappa shape index (κ1) is 45.5. The molecule has 0 radical (unpaired) electrons. The molecule has 3 atom stereocenters. The van der Waals surface area contributed by atoms with Crippen LogP contribution in [0.2, 0.25) is 0 Å². The Morgan fingerprint density at radius 2 is 1.06 bits per heavy atom. The third-order valence-electron chi connectivity index (χ3n) is 15.3. The summed E-state index contributed by atoms with van der Waals surface area (Å²) in [5.41, 5.74) is 2.91. The van der Waals surface area contributed by atoms with Crippen molar-refractivity contribution in [3.8, 4) is 18.4 Å². The highest BCUT2D eigenvalue weighted by atomic mass is 35.1. The van der Waals surface area contributed by atoms with Gasteiger partial charge in [-0.15, -0.1) is 6.42 Å². The monoisotopic (exact) mass is 1020 g/mol. The molecule has 15 heteroatoms. The molecule has 13 nitrogen and oxygen atoms in total. The molecule has 0 aliphatic carbocycles. The summed E-state index contributed by atoms with van der Waals surface area (Å²) in [6, 6.07) is 21.6. The Bertz CT molecular complexity index is 2550. The van der Waals surface area contributed by atoms with Gasteiger partial charge in [-0.05, 0) is 83.5 Å². The van der Waals surface area contributed by atoms with Crippen molar-refractivity contribution < 1.29 is 64.4 Å². The summed E-state index contributed by atoms with van der Waals surface area (Å²) in [6.45, 7) is 19.4. The highest BCUT2D eigenvalue weighted by Gasteiger charge is 2.59. The maximum absolute atomic E-state index is 8.86. The second-order valence-corrected chi connectivity index (χ2v) is 24.6. The summed E-state index contributed by atoms with van der Waals surface area (Å²) in [6.07, 6.45) is 5.00. The average Bonchev–Trinajstić information content (AvgIpc) is 3.45. The van der Waals surface area contributed by atoms with Crippen LogP contribution in [-0.4, -0.2) is 79.3 Å². The van der Waals surface area contributed by atoms with Gasteiger partial charge in [0.1, 0.15) is 0 Å². The van der Waals surface area contributed by atoms with Gasteiger partial charge in [0.25, 0.3) is 0 Å². The first-order valence-corrected chi connectivity index (χ1v) is 26.3. The van der Waals surface area contributed by atoms with Crippen molar-refractivity contribution in [3.05, 3.63) is 107 Å². The van der Waals surface area contributed by atoms with Gasteiger partial charge in [0, 0.05) is 49.4 Å². The zero-order valence-corrected chi connectivity index (χ0v) is 43.2. The number of ether oxygens (including phenoxy) is 9. The molecule has 12 heterocycles. The van der Waals surface area contributed by atoms with Crippen LogP contribution in [-0.2, 0) is 85.9 Å². The molecule has 3 unspecified atom stereocenters. The number of nitrogens with zero attached hydrogens (tertiary/aromatic N) is 1. The van der Waals surface area contributed by atoms with Gasteiger partial charge >= 0.3 is 24.6 Å². The zero-order valence-electron chi connectivity index (χ0n) is 47.5. The van der Waals surface area contributed by atoms with Crippen molar-refractivity contribution in [3.63, 3.8) is 0 Å². The summed E-state index contributed by atoms with van der Waals surface area (Å²) in [5, 5.41) is 8.86. The molecule has 12 saturated heterocycles. The Morgan fingerprint density at radius 1 is 0.629 bits per heavy atom. The van der Waals surface area contributed by atoms with E-state index in [1.807, 2.05) is 31.2 Å². The van der Waals surface area contributed by atoms with Gasteiger partial charge in [0.2, 0.25) is 0 Å². The number of hydrogen-bond donors (Lipinski definition) is 0. The topological polar surface area (TPSA) is 135 Å². The van der Waals surface area contributed by atoms with Crippen LogP contribution in [0.1, 0.15) is 118 Å². The maximum Gasteiger partial charge on any atom is 0.327 e. The lowest BCUT2D eigenvalue weighted by molar-refractivity contribution is -0.489. The van der Waals surface area contributed by atoms with E-state index in [-0.39, 0.29) is 64.3 Å². The largest absolute Gasteiger partial charge is 0.327 e. The Balaban J connectivity index is 0.000000136. The van der Waals surface area contributed by atoms with E-state index >= 15 is 0 Å². The fraction of sp³-hybridized carbons (Fsp3) is 0.618. The Kier molecular flexibility index (Phi) is 13.2. The maximum atomic E-state index is 8.86. The quantitative estimate of drug-likeness (QED) is 0.164. The number of nitriles is 1. The van der Waals surface area contributed by atoms with Gasteiger partial charge in [-0.25, -0.2) is 0 Å². The van der Waals surface area contributed by atoms with Crippen molar-refractivity contribution in [1.82, 2.24) is 0 Å². The smallest absolute Gasteiger partial charge is 0.323 e. The van der Waals surface area contributed by atoms with Crippen LogP contribution < -0.4 is 0 Å². The fourth-order valence-corrected chi connectivity index (χ4v) is 10.9. The minimum absolute atomic E-state index is 0.00639. The molecular weight excluding hydrogens is 933 g/mol. The van der Waals surface area contributed by atoms with Crippen molar-refractivity contribution in [1.29, 1.82) is 5.26 Å². The molecule has 3 aromatic rings. The second kappa shape index (κ2) is 20.3. The van der Waals surface area contributed by atoms with E-state index in [4.69, 9.17) is 87.9 Å². The highest BCUT2D eigenvalue weighted by Crippen LogP contribution is 2.64. The molecular formula is C55H72NO12PS. The lowest BCUT2D eigenvalue weighted by Crippen LogP contribution is -2.62. The molecule has 3 aromatic carbocycles. The fourth-order valence-electron chi connectivity index (χ4n) is 8.99. The van der Waals surface area contributed by atoms with E-state index in [1.165, 1.54) is 0 Å². The first-order valence-electron chi connectivity index (χ1n) is 27.3. The molecule has 380 valence electrons. The number of hydrogen-bond acceptors (Lipinski definition) is 14. The summed E-state index contributed by atoms with van der Waals surface area (Å²) in [4.78, 5) is 0. The first-order chi connectivity index (χ1) is 35.8. The normalized spacial score (nSPS) is 38.2. The molecule has 15 rings (SSSR count). The van der Waals surface area contributed by atoms with E-state index in [9.17, 15) is 0 Å². The molecule has 70 heavy (non-hydrogen) atoms. The van der Waals surface area contributed by atoms with Gasteiger partial charge in [-0.2, -0.15) is 5.26 Å². The van der Waals surface area contributed by atoms with Gasteiger partial charge in [-0.3, -0.25) is 0 Å². The summed E-state index contributed by atoms with van der Waals surface area (Å²) < 4.78 is 115. The summed E-state index contributed by atoms with van der Waals surface area (Å²) >= 11 is 5.11. The second-order valence-electron chi connectivity index (χ2n) is 21.6. The van der Waals surface area contributed by atoms with Crippen molar-refractivity contribution >= 4 is 18.5 Å². The third kappa shape index (κ3) is 10.2. The van der Waals surface area contributed by atoms with Crippen molar-refractivity contribution in [2.75, 3.05) is 79.3 Å². The highest BCUT2D eigenvalue weighted by molar-refractivity contribution is 8.07.